The van der Waals surface area contributed by atoms with Gasteiger partial charge in [0.15, 0.2) is 6.23 Å². The second-order valence-corrected chi connectivity index (χ2v) is 19.2. The predicted molar refractivity (Wildman–Crippen MR) is 127 cm³/mol. The van der Waals surface area contributed by atoms with Gasteiger partial charge >= 0.3 is 22.8 Å². The summed E-state index contributed by atoms with van der Waals surface area (Å²) in [6.45, 7) is 19.2. The van der Waals surface area contributed by atoms with Gasteiger partial charge in [-0.3, -0.25) is 4.57 Å². The first-order chi connectivity index (χ1) is 14.9. The lowest BCUT2D eigenvalue weighted by Crippen LogP contribution is -2.65. The number of hydrogen-bond acceptors (Lipinski definition) is 7. The molecule has 1 aromatic rings. The van der Waals surface area contributed by atoms with Crippen LogP contribution in [0.2, 0.25) is 22.2 Å². The Morgan fingerprint density at radius 2 is 1.59 bits per heavy atom. The van der Waals surface area contributed by atoms with E-state index in [1.165, 1.54) is 4.57 Å². The van der Waals surface area contributed by atoms with Gasteiger partial charge in [0.2, 0.25) is 0 Å². The van der Waals surface area contributed by atoms with E-state index in [9.17, 15) is 9.90 Å². The molecule has 2 saturated heterocycles. The van der Waals surface area contributed by atoms with E-state index in [2.05, 4.69) is 60.4 Å². The molecule has 8 nitrogen and oxygen atoms in total. The van der Waals surface area contributed by atoms with Gasteiger partial charge in [0.1, 0.15) is 18.3 Å². The smallest absolute Gasteiger partial charge is 0.349 e. The zero-order valence-electron chi connectivity index (χ0n) is 20.9. The molecule has 0 radical (unpaired) electrons. The van der Waals surface area contributed by atoms with E-state index >= 15 is 0 Å². The second kappa shape index (κ2) is 9.40. The Kier molecular flexibility index (Phi) is 7.56. The fourth-order valence-corrected chi connectivity index (χ4v) is 16.3. The molecule has 0 aromatic carbocycles. The van der Waals surface area contributed by atoms with Crippen LogP contribution in [-0.4, -0.2) is 56.7 Å². The van der Waals surface area contributed by atoms with Crippen LogP contribution in [0.1, 0.15) is 67.3 Å². The molecule has 0 aliphatic carbocycles. The van der Waals surface area contributed by atoms with Crippen LogP contribution in [0.4, 0.5) is 0 Å². The van der Waals surface area contributed by atoms with Crippen LogP contribution < -0.4 is 5.69 Å². The van der Waals surface area contributed by atoms with E-state index < -0.39 is 47.4 Å². The van der Waals surface area contributed by atoms with Crippen molar-refractivity contribution in [3.8, 4) is 0 Å². The number of aliphatic hydroxyl groups is 1. The summed E-state index contributed by atoms with van der Waals surface area (Å²) in [4.78, 5) is 16.5. The molecule has 4 atom stereocenters. The second-order valence-electron chi connectivity index (χ2n) is 10.4. The number of rotatable bonds is 5. The molecule has 3 heterocycles. The highest BCUT2D eigenvalue weighted by atomic mass is 28.5. The minimum atomic E-state index is -2.87. The van der Waals surface area contributed by atoms with Crippen molar-refractivity contribution in [3.63, 3.8) is 0 Å². The number of ether oxygens (including phenoxy) is 1. The molecule has 2 aliphatic rings. The lowest BCUT2D eigenvalue weighted by molar-refractivity contribution is -0.0600. The summed E-state index contributed by atoms with van der Waals surface area (Å²) in [5.74, 6) is 0. The zero-order chi connectivity index (χ0) is 24.0. The van der Waals surface area contributed by atoms with Crippen LogP contribution in [0.5, 0.6) is 0 Å². The molecule has 0 amide bonds. The molecule has 2 fully saturated rings. The van der Waals surface area contributed by atoms with Crippen LogP contribution in [-0.2, 0) is 17.7 Å². The molecule has 0 unspecified atom stereocenters. The molecule has 1 N–H and O–H groups in total. The Balaban J connectivity index is 2.07. The highest BCUT2D eigenvalue weighted by Gasteiger charge is 2.61. The van der Waals surface area contributed by atoms with Crippen molar-refractivity contribution in [2.75, 3.05) is 6.61 Å². The molecule has 0 spiro atoms. The Labute approximate surface area is 193 Å². The third-order valence-corrected chi connectivity index (χ3v) is 17.1. The third kappa shape index (κ3) is 4.30. The highest BCUT2D eigenvalue weighted by Crippen LogP contribution is 2.48. The topological polar surface area (TPSA) is 92.0 Å². The number of aryl methyl sites for hydroxylation is 1. The summed E-state index contributed by atoms with van der Waals surface area (Å²) >= 11 is 0. The summed E-state index contributed by atoms with van der Waals surface area (Å²) in [7, 11) is -5.56. The van der Waals surface area contributed by atoms with Crippen molar-refractivity contribution in [2.45, 2.75) is 109 Å². The average molecular weight is 485 g/mol. The molecular weight excluding hydrogens is 444 g/mol. The van der Waals surface area contributed by atoms with Gasteiger partial charge in [-0.05, 0) is 35.2 Å². The maximum atomic E-state index is 12.5. The van der Waals surface area contributed by atoms with Crippen LogP contribution in [0, 0.1) is 6.92 Å². The lowest BCUT2D eigenvalue weighted by atomic mass is 10.1. The minimum Gasteiger partial charge on any atom is -0.414 e. The Bertz CT molecular complexity index is 843. The molecular formula is C22H40N2O6Si2. The number of hydrogen-bond donors (Lipinski definition) is 1. The standard InChI is InChI=1S/C22H40N2O6Si2/c1-13(2)31(14(3)4)27-12-18-20(29-32(30-31,15(5)6)16(7)8)19(25)21(28-18)24-11-10-17(9)23-22(24)26/h10-11,13-16,18-21,25H,12H2,1-9H3/t18-,19-,20-,21-/m1/s1. The lowest BCUT2D eigenvalue weighted by Gasteiger charge is -2.51. The Morgan fingerprint density at radius 1 is 1.03 bits per heavy atom. The Morgan fingerprint density at radius 3 is 2.09 bits per heavy atom. The van der Waals surface area contributed by atoms with E-state index in [0.29, 0.717) is 5.69 Å². The summed E-state index contributed by atoms with van der Waals surface area (Å²) in [5.41, 5.74) is 0.892. The summed E-state index contributed by atoms with van der Waals surface area (Å²) in [6, 6.07) is 1.73. The largest absolute Gasteiger partial charge is 0.414 e. The van der Waals surface area contributed by atoms with Crippen molar-refractivity contribution in [1.29, 1.82) is 0 Å². The molecule has 0 saturated carbocycles. The molecule has 10 heteroatoms. The van der Waals surface area contributed by atoms with E-state index in [4.69, 9.17) is 17.7 Å². The van der Waals surface area contributed by atoms with E-state index in [0.717, 1.165) is 0 Å². The van der Waals surface area contributed by atoms with Gasteiger partial charge in [-0.1, -0.05) is 55.4 Å². The number of fused-ring (bicyclic) bond motifs is 1. The fraction of sp³-hybridized carbons (Fsp3) is 0.818. The minimum absolute atomic E-state index is 0.143. The first kappa shape index (κ1) is 25.7. The Hall–Kier alpha value is -0.886. The van der Waals surface area contributed by atoms with Crippen molar-refractivity contribution >= 4 is 17.1 Å². The maximum Gasteiger partial charge on any atom is 0.349 e. The summed E-state index contributed by atoms with van der Waals surface area (Å²) in [6.07, 6.45) is -1.44. The van der Waals surface area contributed by atoms with Crippen LogP contribution in [0.3, 0.4) is 0 Å². The number of nitrogens with zero attached hydrogens (tertiary/aromatic N) is 2. The van der Waals surface area contributed by atoms with Crippen molar-refractivity contribution in [2.24, 2.45) is 0 Å². The van der Waals surface area contributed by atoms with Gasteiger partial charge < -0.3 is 22.8 Å². The van der Waals surface area contributed by atoms with Crippen LogP contribution >= 0.6 is 0 Å². The molecule has 1 aromatic heterocycles. The van der Waals surface area contributed by atoms with Gasteiger partial charge in [0.25, 0.3) is 0 Å². The van der Waals surface area contributed by atoms with Gasteiger partial charge in [0.05, 0.1) is 6.61 Å². The van der Waals surface area contributed by atoms with Gasteiger partial charge in [-0.2, -0.15) is 4.98 Å². The SMILES string of the molecule is Cc1ccn([C@@H]2O[C@@H]3CO[Si](C(C)C)(C(C)C)O[Si](C(C)C)(C(C)C)O[C@H]3[C@H]2O)c(=O)n1. The van der Waals surface area contributed by atoms with E-state index in [-0.39, 0.29) is 28.8 Å². The first-order valence-corrected chi connectivity index (χ1v) is 15.7. The first-order valence-electron chi connectivity index (χ1n) is 11.8. The van der Waals surface area contributed by atoms with E-state index in [1.807, 2.05) is 0 Å². The average Bonchev–Trinajstić information content (AvgIpc) is 2.96. The molecule has 2 aliphatic heterocycles. The fourth-order valence-electron chi connectivity index (χ4n) is 5.06. The van der Waals surface area contributed by atoms with Gasteiger partial charge in [-0.25, -0.2) is 4.79 Å². The molecule has 182 valence electrons. The molecule has 32 heavy (non-hydrogen) atoms. The van der Waals surface area contributed by atoms with Gasteiger partial charge in [0, 0.05) is 11.9 Å². The molecule has 0 bridgehead atoms. The quantitative estimate of drug-likeness (QED) is 0.636. The maximum absolute atomic E-state index is 12.5. The predicted octanol–water partition coefficient (Wildman–Crippen LogP) is 3.77. The number of aliphatic hydroxyl groups excluding tert-OH is 1. The third-order valence-electron chi connectivity index (χ3n) is 6.88. The monoisotopic (exact) mass is 484 g/mol. The van der Waals surface area contributed by atoms with Crippen molar-refractivity contribution in [3.05, 3.63) is 28.4 Å². The zero-order valence-corrected chi connectivity index (χ0v) is 22.9. The van der Waals surface area contributed by atoms with E-state index in [1.54, 1.807) is 19.2 Å². The van der Waals surface area contributed by atoms with Gasteiger partial charge in [-0.15, -0.1) is 0 Å². The van der Waals surface area contributed by atoms with Crippen molar-refractivity contribution in [1.82, 2.24) is 9.55 Å². The number of aromatic nitrogens is 2. The van der Waals surface area contributed by atoms with Crippen LogP contribution in [0.25, 0.3) is 0 Å². The van der Waals surface area contributed by atoms with Crippen LogP contribution in [0.15, 0.2) is 17.1 Å². The molecule has 3 rings (SSSR count). The summed E-state index contributed by atoms with van der Waals surface area (Å²) in [5, 5.41) is 11.3. The normalized spacial score (nSPS) is 30.1. The summed E-state index contributed by atoms with van der Waals surface area (Å²) < 4.78 is 28.3. The highest BCUT2D eigenvalue weighted by molar-refractivity contribution is 6.83. The van der Waals surface area contributed by atoms with Crippen molar-refractivity contribution < 1.29 is 22.8 Å².